The molecule has 1 aromatic carbocycles. The lowest BCUT2D eigenvalue weighted by Gasteiger charge is -2.32. The Labute approximate surface area is 136 Å². The van der Waals surface area contributed by atoms with Crippen molar-refractivity contribution in [2.75, 3.05) is 39.8 Å². The van der Waals surface area contributed by atoms with Gasteiger partial charge >= 0.3 is 0 Å². The van der Waals surface area contributed by atoms with E-state index < -0.39 is 0 Å². The van der Waals surface area contributed by atoms with E-state index in [0.717, 1.165) is 26.2 Å². The smallest absolute Gasteiger partial charge is 0.251 e. The largest absolute Gasteiger partial charge is 0.352 e. The fraction of sp³-hybridized carbons (Fsp3) is 0.500. The topological polar surface area (TPSA) is 52.6 Å². The molecule has 1 fully saturated rings. The molecule has 0 radical (unpaired) electrons. The number of rotatable bonds is 5. The highest BCUT2D eigenvalue weighted by molar-refractivity contribution is 6.30. The Hall–Kier alpha value is -1.59. The zero-order chi connectivity index (χ0) is 15.9. The van der Waals surface area contributed by atoms with Gasteiger partial charge in [0.15, 0.2) is 0 Å². The van der Waals surface area contributed by atoms with Crippen molar-refractivity contribution in [1.82, 2.24) is 15.1 Å². The molecule has 0 bridgehead atoms. The van der Waals surface area contributed by atoms with Gasteiger partial charge < -0.3 is 15.1 Å². The van der Waals surface area contributed by atoms with Crippen LogP contribution in [-0.4, -0.2) is 61.4 Å². The number of carbonyl (C=O) groups excluding carboxylic acids is 2. The Bertz CT molecular complexity index is 511. The van der Waals surface area contributed by atoms with Crippen molar-refractivity contribution in [1.29, 1.82) is 0 Å². The third-order valence-corrected chi connectivity index (χ3v) is 4.07. The number of nitrogens with zero attached hydrogens (tertiary/aromatic N) is 2. The average molecular weight is 324 g/mol. The lowest BCUT2D eigenvalue weighted by atomic mass is 10.2. The SMILES string of the molecule is CN1CCN(C(=O)CCCNC(=O)c2ccc(Cl)cc2)CC1. The summed E-state index contributed by atoms with van der Waals surface area (Å²) in [6, 6.07) is 6.75. The minimum absolute atomic E-state index is 0.135. The highest BCUT2D eigenvalue weighted by atomic mass is 35.5. The first-order valence-electron chi connectivity index (χ1n) is 7.56. The Morgan fingerprint density at radius 1 is 1.14 bits per heavy atom. The first kappa shape index (κ1) is 16.8. The molecular weight excluding hydrogens is 302 g/mol. The lowest BCUT2D eigenvalue weighted by Crippen LogP contribution is -2.47. The van der Waals surface area contributed by atoms with E-state index in [-0.39, 0.29) is 11.8 Å². The van der Waals surface area contributed by atoms with Crippen molar-refractivity contribution >= 4 is 23.4 Å². The van der Waals surface area contributed by atoms with Gasteiger partial charge in [0.25, 0.3) is 5.91 Å². The summed E-state index contributed by atoms with van der Waals surface area (Å²) in [6.07, 6.45) is 1.13. The molecule has 1 heterocycles. The first-order chi connectivity index (χ1) is 10.6. The summed E-state index contributed by atoms with van der Waals surface area (Å²) in [5.74, 6) is 0.0394. The standard InChI is InChI=1S/C16H22ClN3O2/c1-19-9-11-20(12-10-19)15(21)3-2-8-18-16(22)13-4-6-14(17)7-5-13/h4-7H,2-3,8-12H2,1H3,(H,18,22). The van der Waals surface area contributed by atoms with E-state index in [2.05, 4.69) is 17.3 Å². The Morgan fingerprint density at radius 3 is 2.41 bits per heavy atom. The highest BCUT2D eigenvalue weighted by Gasteiger charge is 2.18. The first-order valence-corrected chi connectivity index (χ1v) is 7.94. The molecule has 0 aliphatic carbocycles. The maximum absolute atomic E-state index is 12.0. The lowest BCUT2D eigenvalue weighted by molar-refractivity contribution is -0.132. The molecule has 1 aromatic rings. The summed E-state index contributed by atoms with van der Waals surface area (Å²) >= 11 is 5.78. The van der Waals surface area contributed by atoms with Crippen LogP contribution in [0.1, 0.15) is 23.2 Å². The van der Waals surface area contributed by atoms with Crippen molar-refractivity contribution in [3.8, 4) is 0 Å². The number of nitrogens with one attached hydrogen (secondary N) is 1. The predicted molar refractivity (Wildman–Crippen MR) is 87.1 cm³/mol. The molecule has 6 heteroatoms. The molecule has 0 saturated carbocycles. The van der Waals surface area contributed by atoms with E-state index in [1.54, 1.807) is 24.3 Å². The molecule has 22 heavy (non-hydrogen) atoms. The van der Waals surface area contributed by atoms with Crippen LogP contribution < -0.4 is 5.32 Å². The van der Waals surface area contributed by atoms with Crippen LogP contribution >= 0.6 is 11.6 Å². The van der Waals surface area contributed by atoms with Gasteiger partial charge in [0.2, 0.25) is 5.91 Å². The zero-order valence-electron chi connectivity index (χ0n) is 12.8. The maximum atomic E-state index is 12.0. The van der Waals surface area contributed by atoms with Gasteiger partial charge in [0, 0.05) is 49.7 Å². The molecule has 5 nitrogen and oxygen atoms in total. The Balaban J connectivity index is 1.65. The van der Waals surface area contributed by atoms with Gasteiger partial charge in [-0.1, -0.05) is 11.6 Å². The van der Waals surface area contributed by atoms with Crippen LogP contribution in [0.2, 0.25) is 5.02 Å². The number of amides is 2. The number of hydrogen-bond donors (Lipinski definition) is 1. The van der Waals surface area contributed by atoms with E-state index >= 15 is 0 Å². The molecule has 2 amide bonds. The molecule has 0 atom stereocenters. The van der Waals surface area contributed by atoms with Gasteiger partial charge in [-0.25, -0.2) is 0 Å². The number of piperazine rings is 1. The molecule has 2 rings (SSSR count). The Morgan fingerprint density at radius 2 is 1.77 bits per heavy atom. The fourth-order valence-electron chi connectivity index (χ4n) is 2.36. The molecule has 0 aromatic heterocycles. The monoisotopic (exact) mass is 323 g/mol. The van der Waals surface area contributed by atoms with Crippen LogP contribution in [0.5, 0.6) is 0 Å². The van der Waals surface area contributed by atoms with Crippen molar-refractivity contribution in [2.24, 2.45) is 0 Å². The van der Waals surface area contributed by atoms with Crippen molar-refractivity contribution in [3.05, 3.63) is 34.9 Å². The second-order valence-electron chi connectivity index (χ2n) is 5.55. The zero-order valence-corrected chi connectivity index (χ0v) is 13.6. The average Bonchev–Trinajstić information content (AvgIpc) is 2.52. The normalized spacial score (nSPS) is 15.6. The fourth-order valence-corrected chi connectivity index (χ4v) is 2.48. The molecule has 1 N–H and O–H groups in total. The van der Waals surface area contributed by atoms with Crippen LogP contribution in [0.15, 0.2) is 24.3 Å². The number of likely N-dealkylation sites (N-methyl/N-ethyl adjacent to an activating group) is 1. The number of hydrogen-bond acceptors (Lipinski definition) is 3. The Kier molecular flexibility index (Phi) is 6.21. The molecule has 120 valence electrons. The molecule has 0 spiro atoms. The van der Waals surface area contributed by atoms with Crippen molar-refractivity contribution in [2.45, 2.75) is 12.8 Å². The van der Waals surface area contributed by atoms with Gasteiger partial charge in [-0.05, 0) is 37.7 Å². The second-order valence-corrected chi connectivity index (χ2v) is 5.99. The number of halogens is 1. The second kappa shape index (κ2) is 8.15. The van der Waals surface area contributed by atoms with E-state index in [1.807, 2.05) is 4.90 Å². The van der Waals surface area contributed by atoms with Crippen LogP contribution in [0.25, 0.3) is 0 Å². The van der Waals surface area contributed by atoms with Gasteiger partial charge in [-0.2, -0.15) is 0 Å². The van der Waals surface area contributed by atoms with E-state index in [0.29, 0.717) is 30.0 Å². The summed E-state index contributed by atoms with van der Waals surface area (Å²) in [5.41, 5.74) is 0.579. The quantitative estimate of drug-likeness (QED) is 0.838. The van der Waals surface area contributed by atoms with E-state index in [9.17, 15) is 9.59 Å². The molecular formula is C16H22ClN3O2. The van der Waals surface area contributed by atoms with Gasteiger partial charge in [0.1, 0.15) is 0 Å². The van der Waals surface area contributed by atoms with Gasteiger partial charge in [0.05, 0.1) is 0 Å². The van der Waals surface area contributed by atoms with Crippen molar-refractivity contribution < 1.29 is 9.59 Å². The minimum atomic E-state index is -0.135. The number of carbonyl (C=O) groups is 2. The third kappa shape index (κ3) is 5.00. The van der Waals surface area contributed by atoms with Crippen LogP contribution in [0.3, 0.4) is 0 Å². The predicted octanol–water partition coefficient (Wildman–Crippen LogP) is 1.62. The summed E-state index contributed by atoms with van der Waals surface area (Å²) in [4.78, 5) is 28.0. The van der Waals surface area contributed by atoms with Crippen molar-refractivity contribution in [3.63, 3.8) is 0 Å². The summed E-state index contributed by atoms with van der Waals surface area (Å²) in [5, 5.41) is 3.43. The maximum Gasteiger partial charge on any atom is 0.251 e. The van der Waals surface area contributed by atoms with E-state index in [1.165, 1.54) is 0 Å². The summed E-state index contributed by atoms with van der Waals surface area (Å²) < 4.78 is 0. The summed E-state index contributed by atoms with van der Waals surface area (Å²) in [6.45, 7) is 3.96. The molecule has 1 saturated heterocycles. The molecule has 1 aliphatic heterocycles. The van der Waals surface area contributed by atoms with Crippen LogP contribution in [0.4, 0.5) is 0 Å². The third-order valence-electron chi connectivity index (χ3n) is 3.82. The van der Waals surface area contributed by atoms with Gasteiger partial charge in [-0.3, -0.25) is 9.59 Å². The molecule has 1 aliphatic rings. The highest BCUT2D eigenvalue weighted by Crippen LogP contribution is 2.09. The molecule has 0 unspecified atom stereocenters. The van der Waals surface area contributed by atoms with Crippen LogP contribution in [-0.2, 0) is 4.79 Å². The minimum Gasteiger partial charge on any atom is -0.352 e. The summed E-state index contributed by atoms with van der Waals surface area (Å²) in [7, 11) is 2.06. The van der Waals surface area contributed by atoms with E-state index in [4.69, 9.17) is 11.6 Å². The number of benzene rings is 1. The van der Waals surface area contributed by atoms with Crippen LogP contribution in [0, 0.1) is 0 Å². The van der Waals surface area contributed by atoms with Gasteiger partial charge in [-0.15, -0.1) is 0 Å².